The van der Waals surface area contributed by atoms with Crippen molar-refractivity contribution in [2.75, 3.05) is 6.61 Å². The summed E-state index contributed by atoms with van der Waals surface area (Å²) in [7, 11) is 0. The highest BCUT2D eigenvalue weighted by molar-refractivity contribution is 5.82. The third-order valence-electron chi connectivity index (χ3n) is 1.72. The topological polar surface area (TPSA) is 65.2 Å². The van der Waals surface area contributed by atoms with E-state index in [9.17, 15) is 4.79 Å². The summed E-state index contributed by atoms with van der Waals surface area (Å²) in [6.07, 6.45) is 5.21. The number of hydrogen-bond acceptors (Lipinski definition) is 4. The molecule has 80 valence electrons. The van der Waals surface area contributed by atoms with Crippen molar-refractivity contribution in [1.29, 1.82) is 0 Å². The zero-order valence-electron chi connectivity index (χ0n) is 8.64. The Kier molecular flexibility index (Phi) is 4.34. The molecule has 1 aromatic rings. The number of ether oxygens (including phenoxy) is 1. The second-order valence-corrected chi connectivity index (χ2v) is 3.01. The molecule has 0 spiro atoms. The van der Waals surface area contributed by atoms with Crippen LogP contribution in [-0.2, 0) is 16.0 Å². The van der Waals surface area contributed by atoms with E-state index in [1.54, 1.807) is 19.3 Å². The maximum absolute atomic E-state index is 11.0. The summed E-state index contributed by atoms with van der Waals surface area (Å²) in [6.45, 7) is 2.11. The molecule has 0 saturated carbocycles. The third-order valence-corrected chi connectivity index (χ3v) is 1.72. The van der Waals surface area contributed by atoms with Crippen LogP contribution < -0.4 is 5.73 Å². The molecule has 0 bridgehead atoms. The van der Waals surface area contributed by atoms with Gasteiger partial charge in [-0.05, 0) is 18.6 Å². The van der Waals surface area contributed by atoms with Crippen molar-refractivity contribution in [1.82, 2.24) is 4.98 Å². The van der Waals surface area contributed by atoms with Crippen molar-refractivity contribution < 1.29 is 9.53 Å². The van der Waals surface area contributed by atoms with Crippen LogP contribution in [0.2, 0.25) is 0 Å². The van der Waals surface area contributed by atoms with Crippen LogP contribution >= 0.6 is 0 Å². The quantitative estimate of drug-likeness (QED) is 0.590. The lowest BCUT2D eigenvalue weighted by Gasteiger charge is -2.01. The first-order valence-electron chi connectivity index (χ1n) is 4.74. The molecule has 0 unspecified atom stereocenters. The zero-order valence-corrected chi connectivity index (χ0v) is 8.64. The molecule has 0 aliphatic rings. The number of hydrogen-bond donors (Lipinski definition) is 1. The number of pyridine rings is 1. The first-order valence-corrected chi connectivity index (χ1v) is 4.74. The van der Waals surface area contributed by atoms with Gasteiger partial charge in [-0.1, -0.05) is 6.07 Å². The van der Waals surface area contributed by atoms with Crippen molar-refractivity contribution >= 4 is 5.97 Å². The number of carbonyl (C=O) groups excluding carboxylic acids is 1. The summed E-state index contributed by atoms with van der Waals surface area (Å²) >= 11 is 0. The zero-order chi connectivity index (χ0) is 11.1. The molecule has 4 nitrogen and oxygen atoms in total. The number of esters is 1. The van der Waals surface area contributed by atoms with Crippen LogP contribution in [-0.4, -0.2) is 17.6 Å². The Hall–Kier alpha value is -1.84. The molecule has 15 heavy (non-hydrogen) atoms. The Bertz CT molecular complexity index is 347. The van der Waals surface area contributed by atoms with E-state index in [0.29, 0.717) is 18.7 Å². The molecule has 1 aromatic heterocycles. The summed E-state index contributed by atoms with van der Waals surface area (Å²) in [6, 6.07) is 3.73. The van der Waals surface area contributed by atoms with Crippen LogP contribution in [0.4, 0.5) is 0 Å². The van der Waals surface area contributed by atoms with E-state index in [-0.39, 0.29) is 0 Å². The van der Waals surface area contributed by atoms with Crippen LogP contribution in [0.3, 0.4) is 0 Å². The highest BCUT2D eigenvalue weighted by Crippen LogP contribution is 2.02. The second kappa shape index (κ2) is 5.80. The van der Waals surface area contributed by atoms with E-state index in [0.717, 1.165) is 5.56 Å². The summed E-state index contributed by atoms with van der Waals surface area (Å²) < 4.78 is 4.74. The van der Waals surface area contributed by atoms with Gasteiger partial charge in [-0.15, -0.1) is 0 Å². The molecule has 0 aliphatic heterocycles. The minimum Gasteiger partial charge on any atom is -0.463 e. The lowest BCUT2D eigenvalue weighted by atomic mass is 10.1. The average Bonchev–Trinajstić information content (AvgIpc) is 2.19. The molecule has 0 aromatic carbocycles. The minimum absolute atomic E-state index is 0.357. The van der Waals surface area contributed by atoms with Crippen LogP contribution in [0, 0.1) is 0 Å². The van der Waals surface area contributed by atoms with Crippen molar-refractivity contribution in [3.05, 3.63) is 41.9 Å². The molecule has 4 heteroatoms. The van der Waals surface area contributed by atoms with Gasteiger partial charge in [0, 0.05) is 30.6 Å². The van der Waals surface area contributed by atoms with E-state index >= 15 is 0 Å². The normalized spacial score (nSPS) is 11.1. The summed E-state index contributed by atoms with van der Waals surface area (Å²) in [5, 5.41) is 0. The number of rotatable bonds is 4. The molecule has 2 N–H and O–H groups in total. The summed E-state index contributed by atoms with van der Waals surface area (Å²) in [5.41, 5.74) is 7.11. The van der Waals surface area contributed by atoms with Gasteiger partial charge in [0.05, 0.1) is 6.61 Å². The fourth-order valence-electron chi connectivity index (χ4n) is 1.12. The van der Waals surface area contributed by atoms with Crippen molar-refractivity contribution in [2.24, 2.45) is 5.73 Å². The number of carbonyl (C=O) groups is 1. The molecule has 1 heterocycles. The molecule has 0 saturated heterocycles. The van der Waals surface area contributed by atoms with Crippen molar-refractivity contribution in [2.45, 2.75) is 13.3 Å². The predicted molar refractivity (Wildman–Crippen MR) is 56.8 cm³/mol. The average molecular weight is 206 g/mol. The van der Waals surface area contributed by atoms with Crippen LogP contribution in [0.15, 0.2) is 36.3 Å². The Morgan fingerprint density at radius 2 is 2.47 bits per heavy atom. The van der Waals surface area contributed by atoms with E-state index in [4.69, 9.17) is 10.5 Å². The number of allylic oxidation sites excluding steroid dienone is 1. The van der Waals surface area contributed by atoms with Gasteiger partial charge < -0.3 is 10.5 Å². The van der Waals surface area contributed by atoms with Gasteiger partial charge >= 0.3 is 5.97 Å². The van der Waals surface area contributed by atoms with Crippen LogP contribution in [0.25, 0.3) is 0 Å². The van der Waals surface area contributed by atoms with Gasteiger partial charge in [0.1, 0.15) is 0 Å². The SMILES string of the molecule is CCOC(=O)/C=C(\N)Cc1cccnc1. The number of nitrogens with zero attached hydrogens (tertiary/aromatic N) is 1. The van der Waals surface area contributed by atoms with Crippen LogP contribution in [0.5, 0.6) is 0 Å². The highest BCUT2D eigenvalue weighted by Gasteiger charge is 2.00. The number of nitrogens with two attached hydrogens (primary N) is 1. The Morgan fingerprint density at radius 3 is 3.07 bits per heavy atom. The smallest absolute Gasteiger partial charge is 0.332 e. The van der Waals surface area contributed by atoms with Crippen LogP contribution in [0.1, 0.15) is 12.5 Å². The van der Waals surface area contributed by atoms with E-state index in [1.165, 1.54) is 6.08 Å². The Balaban J connectivity index is 2.55. The fraction of sp³-hybridized carbons (Fsp3) is 0.273. The van der Waals surface area contributed by atoms with Crippen molar-refractivity contribution in [3.63, 3.8) is 0 Å². The molecule has 0 fully saturated rings. The van der Waals surface area contributed by atoms with E-state index in [1.807, 2.05) is 12.1 Å². The molecule has 0 amide bonds. The van der Waals surface area contributed by atoms with E-state index < -0.39 is 5.97 Å². The summed E-state index contributed by atoms with van der Waals surface area (Å²) in [5.74, 6) is -0.404. The predicted octanol–water partition coefficient (Wildman–Crippen LogP) is 1.03. The minimum atomic E-state index is -0.404. The maximum Gasteiger partial charge on any atom is 0.332 e. The lowest BCUT2D eigenvalue weighted by Crippen LogP contribution is -2.07. The lowest BCUT2D eigenvalue weighted by molar-refractivity contribution is -0.137. The fourth-order valence-corrected chi connectivity index (χ4v) is 1.12. The van der Waals surface area contributed by atoms with Gasteiger partial charge in [0.15, 0.2) is 0 Å². The van der Waals surface area contributed by atoms with Gasteiger partial charge in [-0.3, -0.25) is 4.98 Å². The summed E-state index contributed by atoms with van der Waals surface area (Å²) in [4.78, 5) is 15.0. The first-order chi connectivity index (χ1) is 7.22. The standard InChI is InChI=1S/C11H14N2O2/c1-2-15-11(14)7-10(12)6-9-4-3-5-13-8-9/h3-5,7-8H,2,6,12H2,1H3/b10-7-. The molecular formula is C11H14N2O2. The molecule has 0 radical (unpaired) electrons. The number of aromatic nitrogens is 1. The maximum atomic E-state index is 11.0. The van der Waals surface area contributed by atoms with Gasteiger partial charge in [0.2, 0.25) is 0 Å². The van der Waals surface area contributed by atoms with Gasteiger partial charge in [-0.2, -0.15) is 0 Å². The molecule has 0 aliphatic carbocycles. The molecule has 0 atom stereocenters. The van der Waals surface area contributed by atoms with Crippen molar-refractivity contribution in [3.8, 4) is 0 Å². The largest absolute Gasteiger partial charge is 0.463 e. The van der Waals surface area contributed by atoms with E-state index in [2.05, 4.69) is 4.98 Å². The first kappa shape index (κ1) is 11.2. The second-order valence-electron chi connectivity index (χ2n) is 3.01. The highest BCUT2D eigenvalue weighted by atomic mass is 16.5. The van der Waals surface area contributed by atoms with Gasteiger partial charge in [-0.25, -0.2) is 4.79 Å². The molecular weight excluding hydrogens is 192 g/mol. The Morgan fingerprint density at radius 1 is 1.67 bits per heavy atom. The molecule has 1 rings (SSSR count). The third kappa shape index (κ3) is 4.26. The monoisotopic (exact) mass is 206 g/mol. The Labute approximate surface area is 88.8 Å². The van der Waals surface area contributed by atoms with Gasteiger partial charge in [0.25, 0.3) is 0 Å².